The second-order valence-corrected chi connectivity index (χ2v) is 20.7. The molecule has 3 fully saturated rings. The summed E-state index contributed by atoms with van der Waals surface area (Å²) >= 11 is 0. The largest absolute Gasteiger partial charge is 0.491 e. The third-order valence-corrected chi connectivity index (χ3v) is 16.0. The van der Waals surface area contributed by atoms with E-state index < -0.39 is 88.8 Å². The Kier molecular flexibility index (Phi) is 16.1. The molecule has 0 aromatic heterocycles. The number of hydrogen-bond acceptors (Lipinski definition) is 18. The molecule has 6 aromatic carbocycles. The highest BCUT2D eigenvalue weighted by Crippen LogP contribution is 2.66. The summed E-state index contributed by atoms with van der Waals surface area (Å²) < 4.78 is 39.4. The van der Waals surface area contributed by atoms with Crippen LogP contribution in [0.25, 0.3) is 0 Å². The van der Waals surface area contributed by atoms with Gasteiger partial charge >= 0.3 is 24.0 Å². The van der Waals surface area contributed by atoms with Gasteiger partial charge in [-0.05, 0) is 88.0 Å². The van der Waals surface area contributed by atoms with Crippen molar-refractivity contribution in [1.82, 2.24) is 14.7 Å². The zero-order valence-corrected chi connectivity index (χ0v) is 45.7. The van der Waals surface area contributed by atoms with Crippen molar-refractivity contribution in [2.75, 3.05) is 65.3 Å². The van der Waals surface area contributed by atoms with E-state index in [-0.39, 0.29) is 62.0 Å². The quantitative estimate of drug-likeness (QED) is 0.0279. The number of methoxy groups -OCH3 is 2. The number of nitro benzene ring substituents is 1. The first-order valence-electron chi connectivity index (χ1n) is 27.2. The van der Waals surface area contributed by atoms with Gasteiger partial charge < -0.3 is 43.2 Å². The van der Waals surface area contributed by atoms with Gasteiger partial charge in [-0.2, -0.15) is 0 Å². The molecule has 6 unspecified atom stereocenters. The molecule has 6 aromatic rings. The minimum Gasteiger partial charge on any atom is -0.491 e. The van der Waals surface area contributed by atoms with Gasteiger partial charge in [0, 0.05) is 56.8 Å². The number of aliphatic hydroxyl groups excluding tert-OH is 1. The maximum atomic E-state index is 16.9. The van der Waals surface area contributed by atoms with Crippen LogP contribution in [0.5, 0.6) is 17.2 Å². The molecule has 0 radical (unpaired) electrons. The highest BCUT2D eigenvalue weighted by atomic mass is 16.7. The summed E-state index contributed by atoms with van der Waals surface area (Å²) in [7, 11) is 2.26. The number of ether oxygens (including phenoxy) is 7. The number of imide groups is 1. The number of morpholine rings is 1. The van der Waals surface area contributed by atoms with Crippen molar-refractivity contribution in [3.8, 4) is 29.1 Å². The maximum absolute atomic E-state index is 16.9. The normalized spacial score (nSPS) is 21.5. The van der Waals surface area contributed by atoms with Crippen LogP contribution in [0.2, 0.25) is 0 Å². The Bertz CT molecular complexity index is 3550. The number of amides is 3. The zero-order valence-electron chi connectivity index (χ0n) is 45.7. The van der Waals surface area contributed by atoms with Gasteiger partial charge in [-0.25, -0.2) is 9.69 Å². The van der Waals surface area contributed by atoms with E-state index in [2.05, 4.69) is 16.7 Å². The molecule has 6 atom stereocenters. The molecule has 21 heteroatoms. The smallest absolute Gasteiger partial charge is 0.421 e. The Morgan fingerprint density at radius 3 is 2.10 bits per heavy atom. The molecule has 1 N–H and O–H groups in total. The van der Waals surface area contributed by atoms with Gasteiger partial charge in [-0.3, -0.25) is 43.9 Å². The summed E-state index contributed by atoms with van der Waals surface area (Å²) in [5.41, 5.74) is 0.996. The standard InChI is InChI=1S/C63H57N5O16/c1-78-58(71)47(59(72)79-2)15-9-10-39-18-26-49-48(34-39)63(61(74)66(49)62(75)81-37-40-16-22-45(23-17-40)68(76)77)52(57(70)65-30-28-64(29-31-65)36-41-19-27-50-51(35-41)83-38-82-50)54-60(73)84-55(43-13-7-4-8-14-43)53(42-11-5-3-6-12-42)67(54)56(63)44-20-24-46(25-21-44)80-33-32-69/h3-8,11-14,16-27,34-35,47,52-56,69H,15,28-33,36-38H2,1-2H3. The summed E-state index contributed by atoms with van der Waals surface area (Å²) in [6, 6.07) is 37.2. The van der Waals surface area contributed by atoms with E-state index in [0.717, 1.165) is 24.7 Å². The molecule has 5 aliphatic heterocycles. The molecule has 5 aliphatic rings. The van der Waals surface area contributed by atoms with Crippen molar-refractivity contribution in [3.05, 3.63) is 195 Å². The molecule has 0 aliphatic carbocycles. The zero-order chi connectivity index (χ0) is 58.6. The van der Waals surface area contributed by atoms with Crippen LogP contribution in [0.4, 0.5) is 16.2 Å². The topological polar surface area (TPSA) is 243 Å². The first kappa shape index (κ1) is 56.3. The van der Waals surface area contributed by atoms with Crippen molar-refractivity contribution < 1.29 is 72.0 Å². The summed E-state index contributed by atoms with van der Waals surface area (Å²) in [6.45, 7) is 1.02. The maximum Gasteiger partial charge on any atom is 0.421 e. The number of rotatable bonds is 15. The Balaban J connectivity index is 1.11. The number of aliphatic hydroxyl groups is 1. The van der Waals surface area contributed by atoms with E-state index in [4.69, 9.17) is 33.2 Å². The first-order valence-corrected chi connectivity index (χ1v) is 27.2. The van der Waals surface area contributed by atoms with Crippen LogP contribution in [-0.4, -0.2) is 127 Å². The number of anilines is 1. The Morgan fingerprint density at radius 1 is 0.762 bits per heavy atom. The molecule has 84 heavy (non-hydrogen) atoms. The number of benzene rings is 6. The number of nitrogens with zero attached hydrogens (tertiary/aromatic N) is 5. The van der Waals surface area contributed by atoms with E-state index in [9.17, 15) is 24.8 Å². The van der Waals surface area contributed by atoms with E-state index in [0.29, 0.717) is 59.1 Å². The fourth-order valence-corrected chi connectivity index (χ4v) is 12.2. The molecule has 0 saturated carbocycles. The van der Waals surface area contributed by atoms with Crippen LogP contribution in [0.1, 0.15) is 63.6 Å². The number of cyclic esters (lactones) is 1. The Morgan fingerprint density at radius 2 is 1.43 bits per heavy atom. The van der Waals surface area contributed by atoms with Crippen molar-refractivity contribution in [3.63, 3.8) is 0 Å². The van der Waals surface area contributed by atoms with Crippen molar-refractivity contribution >= 4 is 47.2 Å². The fraction of sp³-hybridized carbons (Fsp3) is 0.302. The van der Waals surface area contributed by atoms with Crippen LogP contribution < -0.4 is 19.1 Å². The summed E-state index contributed by atoms with van der Waals surface area (Å²) in [5.74, 6) is 0.482. The molecular formula is C63H57N5O16. The van der Waals surface area contributed by atoms with Crippen LogP contribution >= 0.6 is 0 Å². The Labute approximate surface area is 482 Å². The van der Waals surface area contributed by atoms with Crippen molar-refractivity contribution in [2.24, 2.45) is 11.8 Å². The number of carbonyl (C=O) groups excluding carboxylic acids is 6. The van der Waals surface area contributed by atoms with Crippen molar-refractivity contribution in [1.29, 1.82) is 0 Å². The monoisotopic (exact) mass is 1140 g/mol. The number of hydrogen-bond donors (Lipinski definition) is 1. The van der Waals surface area contributed by atoms with Crippen LogP contribution in [0.3, 0.4) is 0 Å². The molecule has 3 saturated heterocycles. The van der Waals surface area contributed by atoms with Crippen LogP contribution in [-0.2, 0) is 61.5 Å². The van der Waals surface area contributed by atoms with Crippen molar-refractivity contribution in [2.45, 2.75) is 49.2 Å². The number of carbonyl (C=O) groups is 6. The van der Waals surface area contributed by atoms with Gasteiger partial charge in [0.2, 0.25) is 18.6 Å². The summed E-state index contributed by atoms with van der Waals surface area (Å²) in [5, 5.41) is 21.3. The SMILES string of the molecule is COC(=O)C(CC#Cc1ccc2c(c1)C1(C(=O)N2C(=O)OCc2ccc([N+](=O)[O-])cc2)C(C(=O)N2CCN(Cc3ccc4c(c3)OCO4)CC2)C2C(=O)OC(c3ccccc3)C(c3ccccc3)N2C1c1ccc(OCCO)cc1)C(=O)OC. The van der Waals surface area contributed by atoms with Crippen LogP contribution in [0, 0.1) is 33.8 Å². The van der Waals surface area contributed by atoms with Gasteiger partial charge in [-0.1, -0.05) is 90.7 Å². The van der Waals surface area contributed by atoms with Gasteiger partial charge in [0.05, 0.1) is 49.4 Å². The number of fused-ring (bicyclic) bond motifs is 4. The van der Waals surface area contributed by atoms with Gasteiger partial charge in [0.1, 0.15) is 36.5 Å². The highest BCUT2D eigenvalue weighted by molar-refractivity contribution is 6.23. The van der Waals surface area contributed by atoms with Gasteiger partial charge in [0.15, 0.2) is 17.4 Å². The fourth-order valence-electron chi connectivity index (χ4n) is 12.2. The molecule has 430 valence electrons. The molecule has 3 amide bonds. The lowest BCUT2D eigenvalue weighted by Crippen LogP contribution is -2.59. The third-order valence-electron chi connectivity index (χ3n) is 16.0. The highest BCUT2D eigenvalue weighted by Gasteiger charge is 2.76. The summed E-state index contributed by atoms with van der Waals surface area (Å²) in [6.07, 6.45) is -2.51. The molecule has 5 heterocycles. The minimum absolute atomic E-state index is 0.00424. The van der Waals surface area contributed by atoms with E-state index in [1.54, 1.807) is 35.2 Å². The third kappa shape index (κ3) is 10.5. The molecule has 11 rings (SSSR count). The van der Waals surface area contributed by atoms with E-state index in [1.165, 1.54) is 36.4 Å². The predicted octanol–water partition coefficient (Wildman–Crippen LogP) is 6.75. The first-order chi connectivity index (χ1) is 40.8. The summed E-state index contributed by atoms with van der Waals surface area (Å²) in [4.78, 5) is 108. The molecule has 0 bridgehead atoms. The number of piperazine rings is 1. The predicted molar refractivity (Wildman–Crippen MR) is 298 cm³/mol. The average Bonchev–Trinajstić information content (AvgIpc) is 1.52. The van der Waals surface area contributed by atoms with E-state index >= 15 is 19.2 Å². The number of esters is 3. The Hall–Kier alpha value is -9.62. The lowest BCUT2D eigenvalue weighted by atomic mass is 9.64. The minimum atomic E-state index is -2.23. The number of nitro groups is 1. The molecular weight excluding hydrogens is 1080 g/mol. The van der Waals surface area contributed by atoms with Gasteiger partial charge in [-0.15, -0.1) is 0 Å². The van der Waals surface area contributed by atoms with E-state index in [1.807, 2.05) is 83.8 Å². The second-order valence-electron chi connectivity index (χ2n) is 20.7. The molecule has 1 spiro atoms. The average molecular weight is 1140 g/mol. The second kappa shape index (κ2) is 24.1. The van der Waals surface area contributed by atoms with Crippen LogP contribution in [0.15, 0.2) is 146 Å². The van der Waals surface area contributed by atoms with Gasteiger partial charge in [0.25, 0.3) is 5.69 Å². The molecule has 21 nitrogen and oxygen atoms in total. The lowest BCUT2D eigenvalue weighted by molar-refractivity contribution is -0.384. The number of non-ortho nitro benzene ring substituents is 1. The lowest BCUT2D eigenvalue weighted by Gasteiger charge is -2.46.